The molecule has 0 bridgehead atoms. The molecule has 0 aliphatic rings. The van der Waals surface area contributed by atoms with E-state index >= 15 is 0 Å². The third-order valence-electron chi connectivity index (χ3n) is 1.87. The zero-order chi connectivity index (χ0) is 12.0. The summed E-state index contributed by atoms with van der Waals surface area (Å²) in [6.45, 7) is 0.411. The highest BCUT2D eigenvalue weighted by Gasteiger charge is 2.09. The second kappa shape index (κ2) is 6.13. The summed E-state index contributed by atoms with van der Waals surface area (Å²) in [5, 5.41) is 17.2. The third-order valence-corrected chi connectivity index (χ3v) is 2.56. The van der Waals surface area contributed by atoms with Crippen LogP contribution in [0.1, 0.15) is 23.2 Å². The lowest BCUT2D eigenvalue weighted by Gasteiger charge is -2.06. The number of benzene rings is 1. The maximum atomic E-state index is 10.8. The Morgan fingerprint density at radius 1 is 1.56 bits per heavy atom. The number of hydrogen-bond acceptors (Lipinski definition) is 3. The lowest BCUT2D eigenvalue weighted by atomic mass is 10.2. The molecule has 0 atom stereocenters. The predicted molar refractivity (Wildman–Crippen MR) is 61.4 cm³/mol. The van der Waals surface area contributed by atoms with E-state index in [1.54, 1.807) is 12.1 Å². The van der Waals surface area contributed by atoms with Crippen LogP contribution in [0.4, 0.5) is 0 Å². The number of nitrogens with zero attached hydrogens (tertiary/aromatic N) is 1. The maximum Gasteiger partial charge on any atom is 0.336 e. The molecule has 0 heterocycles. The van der Waals surface area contributed by atoms with Crippen molar-refractivity contribution >= 4 is 21.9 Å². The van der Waals surface area contributed by atoms with Crippen LogP contribution in [0.25, 0.3) is 0 Å². The van der Waals surface area contributed by atoms with Crippen molar-refractivity contribution in [2.75, 3.05) is 6.61 Å². The fourth-order valence-corrected chi connectivity index (χ4v) is 1.52. The molecule has 0 saturated heterocycles. The van der Waals surface area contributed by atoms with Crippen LogP contribution in [0.2, 0.25) is 0 Å². The molecule has 0 unspecified atom stereocenters. The number of carbonyl (C=O) groups is 1. The van der Waals surface area contributed by atoms with E-state index < -0.39 is 5.97 Å². The van der Waals surface area contributed by atoms with Crippen LogP contribution in [0.3, 0.4) is 0 Å². The van der Waals surface area contributed by atoms with Gasteiger partial charge in [-0.05, 0) is 40.5 Å². The van der Waals surface area contributed by atoms with Gasteiger partial charge < -0.3 is 9.84 Å². The van der Waals surface area contributed by atoms with E-state index in [0.717, 1.165) is 0 Å². The average Bonchev–Trinajstić information content (AvgIpc) is 2.26. The van der Waals surface area contributed by atoms with E-state index in [4.69, 9.17) is 15.1 Å². The number of halogens is 1. The molecule has 0 aliphatic carbocycles. The molecule has 1 aromatic carbocycles. The summed E-state index contributed by atoms with van der Waals surface area (Å²) in [6, 6.07) is 6.78. The number of carboxylic acids is 1. The van der Waals surface area contributed by atoms with Gasteiger partial charge in [0.1, 0.15) is 5.75 Å². The number of unbranched alkanes of at least 4 members (excludes halogenated alkanes) is 1. The van der Waals surface area contributed by atoms with E-state index in [-0.39, 0.29) is 5.56 Å². The molecule has 0 saturated carbocycles. The fourth-order valence-electron chi connectivity index (χ4n) is 1.10. The quantitative estimate of drug-likeness (QED) is 0.844. The van der Waals surface area contributed by atoms with Crippen LogP contribution in [-0.2, 0) is 0 Å². The fraction of sp³-hybridized carbons (Fsp3) is 0.273. The predicted octanol–water partition coefficient (Wildman–Crippen LogP) is 2.83. The highest BCUT2D eigenvalue weighted by molar-refractivity contribution is 9.10. The van der Waals surface area contributed by atoms with Gasteiger partial charge in [0, 0.05) is 10.9 Å². The van der Waals surface area contributed by atoms with Gasteiger partial charge in [-0.1, -0.05) is 0 Å². The molecule has 0 amide bonds. The minimum atomic E-state index is -1.01. The molecule has 0 radical (unpaired) electrons. The Morgan fingerprint density at radius 2 is 2.31 bits per heavy atom. The summed E-state index contributed by atoms with van der Waals surface area (Å²) in [5.41, 5.74) is 0.165. The molecule has 84 valence electrons. The number of nitriles is 1. The van der Waals surface area contributed by atoms with E-state index in [9.17, 15) is 4.79 Å². The number of rotatable bonds is 5. The molecule has 0 fully saturated rings. The Labute approximate surface area is 102 Å². The Kier molecular flexibility index (Phi) is 4.80. The Hall–Kier alpha value is -1.54. The molecule has 16 heavy (non-hydrogen) atoms. The molecule has 1 rings (SSSR count). The average molecular weight is 284 g/mol. The number of carboxylic acid groups (broad SMARTS) is 1. The first-order valence-electron chi connectivity index (χ1n) is 4.67. The Morgan fingerprint density at radius 3 is 2.94 bits per heavy atom. The Balaban J connectivity index is 2.65. The molecule has 1 aromatic rings. The lowest BCUT2D eigenvalue weighted by Crippen LogP contribution is -2.01. The maximum absolute atomic E-state index is 10.8. The molecule has 5 heteroatoms. The number of hydrogen-bond donors (Lipinski definition) is 1. The molecule has 0 aromatic heterocycles. The van der Waals surface area contributed by atoms with Crippen LogP contribution in [0.5, 0.6) is 5.75 Å². The molecular formula is C11H10BrNO3. The second-order valence-electron chi connectivity index (χ2n) is 3.06. The molecule has 1 N–H and O–H groups in total. The van der Waals surface area contributed by atoms with Crippen molar-refractivity contribution in [1.29, 1.82) is 5.26 Å². The summed E-state index contributed by atoms with van der Waals surface area (Å²) in [5.74, 6) is -0.507. The molecule has 4 nitrogen and oxygen atoms in total. The van der Waals surface area contributed by atoms with Gasteiger partial charge >= 0.3 is 5.97 Å². The first kappa shape index (κ1) is 12.5. The van der Waals surface area contributed by atoms with Crippen molar-refractivity contribution in [3.63, 3.8) is 0 Å². The summed E-state index contributed by atoms with van der Waals surface area (Å²) in [7, 11) is 0. The number of aromatic carboxylic acids is 1. The minimum absolute atomic E-state index is 0.165. The van der Waals surface area contributed by atoms with Gasteiger partial charge in [0.05, 0.1) is 18.2 Å². The van der Waals surface area contributed by atoms with Crippen LogP contribution >= 0.6 is 15.9 Å². The van der Waals surface area contributed by atoms with Crippen LogP contribution < -0.4 is 4.74 Å². The van der Waals surface area contributed by atoms with Gasteiger partial charge in [-0.3, -0.25) is 0 Å². The van der Waals surface area contributed by atoms with Crippen molar-refractivity contribution in [2.24, 2.45) is 0 Å². The van der Waals surface area contributed by atoms with Crippen molar-refractivity contribution in [3.05, 3.63) is 28.2 Å². The Bertz CT molecular complexity index is 426. The first-order chi connectivity index (χ1) is 7.65. The largest absolute Gasteiger partial charge is 0.494 e. The standard InChI is InChI=1S/C11H10BrNO3/c12-10-4-3-8(7-9(10)11(14)15)16-6-2-1-5-13/h3-4,7H,1-2,6H2,(H,14,15). The third kappa shape index (κ3) is 3.55. The monoisotopic (exact) mass is 283 g/mol. The summed E-state index contributed by atoms with van der Waals surface area (Å²) in [6.07, 6.45) is 1.07. The lowest BCUT2D eigenvalue weighted by molar-refractivity contribution is 0.0695. The van der Waals surface area contributed by atoms with Gasteiger partial charge in [0.25, 0.3) is 0 Å². The zero-order valence-corrected chi connectivity index (χ0v) is 10.0. The normalized spacial score (nSPS) is 9.50. The van der Waals surface area contributed by atoms with E-state index in [1.165, 1.54) is 6.07 Å². The van der Waals surface area contributed by atoms with Gasteiger partial charge in [0.15, 0.2) is 0 Å². The van der Waals surface area contributed by atoms with Gasteiger partial charge in [-0.15, -0.1) is 0 Å². The first-order valence-corrected chi connectivity index (χ1v) is 5.47. The molecular weight excluding hydrogens is 274 g/mol. The van der Waals surface area contributed by atoms with Crippen molar-refractivity contribution in [2.45, 2.75) is 12.8 Å². The zero-order valence-electron chi connectivity index (χ0n) is 8.44. The van der Waals surface area contributed by atoms with Gasteiger partial charge in [-0.2, -0.15) is 5.26 Å². The highest BCUT2D eigenvalue weighted by Crippen LogP contribution is 2.22. The van der Waals surface area contributed by atoms with Crippen molar-refractivity contribution in [3.8, 4) is 11.8 Å². The summed E-state index contributed by atoms with van der Waals surface area (Å²) in [4.78, 5) is 10.8. The van der Waals surface area contributed by atoms with Gasteiger partial charge in [-0.25, -0.2) is 4.79 Å². The summed E-state index contributed by atoms with van der Waals surface area (Å²) >= 11 is 3.14. The summed E-state index contributed by atoms with van der Waals surface area (Å²) < 4.78 is 5.84. The van der Waals surface area contributed by atoms with Crippen LogP contribution in [0.15, 0.2) is 22.7 Å². The van der Waals surface area contributed by atoms with Crippen molar-refractivity contribution < 1.29 is 14.6 Å². The minimum Gasteiger partial charge on any atom is -0.494 e. The highest BCUT2D eigenvalue weighted by atomic mass is 79.9. The van der Waals surface area contributed by atoms with E-state index in [2.05, 4.69) is 15.9 Å². The molecule has 0 spiro atoms. The SMILES string of the molecule is N#CCCCOc1ccc(Br)c(C(=O)O)c1. The van der Waals surface area contributed by atoms with Crippen LogP contribution in [-0.4, -0.2) is 17.7 Å². The topological polar surface area (TPSA) is 70.3 Å². The smallest absolute Gasteiger partial charge is 0.336 e. The van der Waals surface area contributed by atoms with E-state index in [0.29, 0.717) is 29.7 Å². The second-order valence-corrected chi connectivity index (χ2v) is 3.91. The molecule has 0 aliphatic heterocycles. The van der Waals surface area contributed by atoms with Gasteiger partial charge in [0.2, 0.25) is 0 Å². The number of ether oxygens (including phenoxy) is 1. The van der Waals surface area contributed by atoms with Crippen LogP contribution in [0, 0.1) is 11.3 Å². The van der Waals surface area contributed by atoms with Crippen molar-refractivity contribution in [1.82, 2.24) is 0 Å². The van der Waals surface area contributed by atoms with E-state index in [1.807, 2.05) is 6.07 Å².